The third-order valence-corrected chi connectivity index (χ3v) is 3.62. The van der Waals surface area contributed by atoms with Crippen LogP contribution in [0, 0.1) is 0 Å². The van der Waals surface area contributed by atoms with Crippen LogP contribution in [-0.4, -0.2) is 20.8 Å². The van der Waals surface area contributed by atoms with E-state index in [1.54, 1.807) is 12.7 Å². The molecule has 2 aromatic heterocycles. The summed E-state index contributed by atoms with van der Waals surface area (Å²) in [5.74, 6) is 0.901. The van der Waals surface area contributed by atoms with Crippen LogP contribution in [0.2, 0.25) is 5.02 Å². The van der Waals surface area contributed by atoms with Gasteiger partial charge in [0, 0.05) is 16.5 Å². The van der Waals surface area contributed by atoms with Crippen molar-refractivity contribution in [2.45, 2.75) is 32.5 Å². The third-order valence-electron chi connectivity index (χ3n) is 3.39. The highest BCUT2D eigenvalue weighted by molar-refractivity contribution is 6.31. The van der Waals surface area contributed by atoms with E-state index in [-0.39, 0.29) is 12.1 Å². The summed E-state index contributed by atoms with van der Waals surface area (Å²) in [5, 5.41) is 9.34. The van der Waals surface area contributed by atoms with Gasteiger partial charge in [0.2, 0.25) is 0 Å². The van der Waals surface area contributed by atoms with Gasteiger partial charge in [-0.1, -0.05) is 11.6 Å². The van der Waals surface area contributed by atoms with E-state index in [2.05, 4.69) is 29.2 Å². The maximum Gasteiger partial charge on any atom is 0.137 e. The summed E-state index contributed by atoms with van der Waals surface area (Å²) in [4.78, 5) is 3.94. The van der Waals surface area contributed by atoms with Gasteiger partial charge in [-0.2, -0.15) is 5.10 Å². The van der Waals surface area contributed by atoms with Crippen molar-refractivity contribution in [1.82, 2.24) is 20.1 Å². The SMILES string of the molecule is C[C@@H](Cn1cncn1)N[C@H](C)c1cc2cc(Cl)ccc2o1. The normalized spacial score (nSPS) is 14.4. The van der Waals surface area contributed by atoms with Crippen molar-refractivity contribution in [1.29, 1.82) is 0 Å². The minimum absolute atomic E-state index is 0.106. The van der Waals surface area contributed by atoms with E-state index >= 15 is 0 Å². The number of halogens is 1. The Balaban J connectivity index is 1.69. The Labute approximate surface area is 127 Å². The average Bonchev–Trinajstić information content (AvgIpc) is 3.06. The van der Waals surface area contributed by atoms with Crippen molar-refractivity contribution < 1.29 is 4.42 Å². The minimum Gasteiger partial charge on any atom is -0.459 e. The summed E-state index contributed by atoms with van der Waals surface area (Å²) >= 11 is 6.00. The standard InChI is InChI=1S/C15H17ClN4O/c1-10(7-20-9-17-8-18-20)19-11(2)15-6-12-5-13(16)3-4-14(12)21-15/h3-6,8-11,19H,7H2,1-2H3/t10-,11+/m0/s1. The van der Waals surface area contributed by atoms with Crippen molar-refractivity contribution in [2.24, 2.45) is 0 Å². The van der Waals surface area contributed by atoms with Crippen LogP contribution in [-0.2, 0) is 6.54 Å². The first-order chi connectivity index (χ1) is 10.1. The molecule has 2 atom stereocenters. The van der Waals surface area contributed by atoms with Crippen LogP contribution >= 0.6 is 11.6 Å². The third kappa shape index (κ3) is 3.25. The fourth-order valence-electron chi connectivity index (χ4n) is 2.42. The molecule has 0 aliphatic rings. The van der Waals surface area contributed by atoms with E-state index in [1.807, 2.05) is 28.9 Å². The molecule has 5 nitrogen and oxygen atoms in total. The highest BCUT2D eigenvalue weighted by Gasteiger charge is 2.14. The van der Waals surface area contributed by atoms with Gasteiger partial charge in [-0.05, 0) is 38.1 Å². The van der Waals surface area contributed by atoms with Gasteiger partial charge < -0.3 is 9.73 Å². The van der Waals surface area contributed by atoms with E-state index in [0.717, 1.165) is 28.3 Å². The molecule has 6 heteroatoms. The monoisotopic (exact) mass is 304 g/mol. The van der Waals surface area contributed by atoms with Gasteiger partial charge in [0.05, 0.1) is 12.6 Å². The molecule has 3 rings (SSSR count). The Morgan fingerprint density at radius 3 is 2.95 bits per heavy atom. The zero-order valence-electron chi connectivity index (χ0n) is 12.0. The molecular weight excluding hydrogens is 288 g/mol. The second-order valence-corrected chi connectivity index (χ2v) is 5.67. The van der Waals surface area contributed by atoms with E-state index in [0.29, 0.717) is 0 Å². The lowest BCUT2D eigenvalue weighted by atomic mass is 10.2. The lowest BCUT2D eigenvalue weighted by Gasteiger charge is -2.18. The van der Waals surface area contributed by atoms with Gasteiger partial charge >= 0.3 is 0 Å². The number of hydrogen-bond acceptors (Lipinski definition) is 4. The van der Waals surface area contributed by atoms with Gasteiger partial charge in [-0.25, -0.2) is 4.98 Å². The molecule has 0 spiro atoms. The minimum atomic E-state index is 0.106. The average molecular weight is 305 g/mol. The predicted molar refractivity (Wildman–Crippen MR) is 82.3 cm³/mol. The van der Waals surface area contributed by atoms with Gasteiger partial charge in [0.1, 0.15) is 24.0 Å². The summed E-state index contributed by atoms with van der Waals surface area (Å²) < 4.78 is 7.67. The summed E-state index contributed by atoms with van der Waals surface area (Å²) in [5.41, 5.74) is 0.854. The van der Waals surface area contributed by atoms with Crippen LogP contribution in [0.5, 0.6) is 0 Å². The van der Waals surface area contributed by atoms with Gasteiger partial charge in [-0.15, -0.1) is 0 Å². The predicted octanol–water partition coefficient (Wildman–Crippen LogP) is 3.42. The fourth-order valence-corrected chi connectivity index (χ4v) is 2.60. The lowest BCUT2D eigenvalue weighted by Crippen LogP contribution is -2.32. The Kier molecular flexibility index (Phi) is 3.94. The Hall–Kier alpha value is -1.85. The van der Waals surface area contributed by atoms with Crippen molar-refractivity contribution in [3.8, 4) is 0 Å². The molecule has 0 aliphatic heterocycles. The fraction of sp³-hybridized carbons (Fsp3) is 0.333. The van der Waals surface area contributed by atoms with E-state index < -0.39 is 0 Å². The highest BCUT2D eigenvalue weighted by atomic mass is 35.5. The quantitative estimate of drug-likeness (QED) is 0.785. The molecule has 0 saturated heterocycles. The lowest BCUT2D eigenvalue weighted by molar-refractivity contribution is 0.376. The molecule has 0 bridgehead atoms. The molecule has 0 aliphatic carbocycles. The number of nitrogens with one attached hydrogen (secondary N) is 1. The number of benzene rings is 1. The van der Waals surface area contributed by atoms with Crippen LogP contribution in [0.25, 0.3) is 11.0 Å². The zero-order chi connectivity index (χ0) is 14.8. The topological polar surface area (TPSA) is 55.9 Å². The molecule has 3 aromatic rings. The molecule has 0 amide bonds. The number of nitrogens with zero attached hydrogens (tertiary/aromatic N) is 3. The Morgan fingerprint density at radius 2 is 2.19 bits per heavy atom. The Morgan fingerprint density at radius 1 is 1.33 bits per heavy atom. The molecule has 21 heavy (non-hydrogen) atoms. The first kappa shape index (κ1) is 14.1. The van der Waals surface area contributed by atoms with Crippen molar-refractivity contribution in [2.75, 3.05) is 0 Å². The maximum absolute atomic E-state index is 6.00. The second-order valence-electron chi connectivity index (χ2n) is 5.24. The van der Waals surface area contributed by atoms with Gasteiger partial charge in [-0.3, -0.25) is 4.68 Å². The Bertz CT molecular complexity index is 722. The van der Waals surface area contributed by atoms with Crippen LogP contribution in [0.3, 0.4) is 0 Å². The molecule has 110 valence electrons. The molecule has 2 heterocycles. The highest BCUT2D eigenvalue weighted by Crippen LogP contribution is 2.26. The number of rotatable bonds is 5. The molecule has 0 saturated carbocycles. The molecule has 0 radical (unpaired) electrons. The van der Waals surface area contributed by atoms with Crippen molar-refractivity contribution >= 4 is 22.6 Å². The molecule has 0 unspecified atom stereocenters. The van der Waals surface area contributed by atoms with Gasteiger partial charge in [0.15, 0.2) is 0 Å². The summed E-state index contributed by atoms with van der Waals surface area (Å²) in [7, 11) is 0. The van der Waals surface area contributed by atoms with Crippen LogP contribution in [0.1, 0.15) is 25.6 Å². The summed E-state index contributed by atoms with van der Waals surface area (Å²) in [6.45, 7) is 4.95. The van der Waals surface area contributed by atoms with Gasteiger partial charge in [0.25, 0.3) is 0 Å². The largest absolute Gasteiger partial charge is 0.459 e. The first-order valence-corrected chi connectivity index (χ1v) is 7.27. The molecular formula is C15H17ClN4O. The number of aromatic nitrogens is 3. The second kappa shape index (κ2) is 5.87. The van der Waals surface area contributed by atoms with E-state index in [1.165, 1.54) is 0 Å². The van der Waals surface area contributed by atoms with Crippen LogP contribution in [0.4, 0.5) is 0 Å². The molecule has 1 aromatic carbocycles. The van der Waals surface area contributed by atoms with Crippen molar-refractivity contribution in [3.05, 3.63) is 47.7 Å². The van der Waals surface area contributed by atoms with E-state index in [9.17, 15) is 0 Å². The maximum atomic E-state index is 6.00. The number of hydrogen-bond donors (Lipinski definition) is 1. The molecule has 1 N–H and O–H groups in total. The first-order valence-electron chi connectivity index (χ1n) is 6.89. The smallest absolute Gasteiger partial charge is 0.137 e. The zero-order valence-corrected chi connectivity index (χ0v) is 12.7. The van der Waals surface area contributed by atoms with E-state index in [4.69, 9.17) is 16.0 Å². The summed E-state index contributed by atoms with van der Waals surface area (Å²) in [6.07, 6.45) is 3.26. The van der Waals surface area contributed by atoms with Crippen LogP contribution in [0.15, 0.2) is 41.3 Å². The van der Waals surface area contributed by atoms with Crippen LogP contribution < -0.4 is 5.32 Å². The molecule has 0 fully saturated rings. The number of fused-ring (bicyclic) bond motifs is 1. The number of furan rings is 1. The van der Waals surface area contributed by atoms with Crippen molar-refractivity contribution in [3.63, 3.8) is 0 Å². The summed E-state index contributed by atoms with van der Waals surface area (Å²) in [6, 6.07) is 8.03.